The summed E-state index contributed by atoms with van der Waals surface area (Å²) in [6.07, 6.45) is 8.27. The van der Waals surface area contributed by atoms with E-state index in [9.17, 15) is 0 Å². The van der Waals surface area contributed by atoms with Gasteiger partial charge in [-0.15, -0.1) is 6.58 Å². The van der Waals surface area contributed by atoms with Crippen molar-refractivity contribution in [2.45, 2.75) is 58.7 Å². The second kappa shape index (κ2) is 4.33. The summed E-state index contributed by atoms with van der Waals surface area (Å²) in [7, 11) is 0. The highest BCUT2D eigenvalue weighted by Crippen LogP contribution is 2.65. The first-order valence-corrected chi connectivity index (χ1v) is 7.90. The topological polar surface area (TPSA) is 18.5 Å². The molecule has 0 aromatic heterocycles. The molecule has 1 heterocycles. The van der Waals surface area contributed by atoms with Crippen molar-refractivity contribution in [3.63, 3.8) is 0 Å². The zero-order valence-corrected chi connectivity index (χ0v) is 12.7. The third-order valence-electron chi connectivity index (χ3n) is 6.74. The zero-order valence-electron chi connectivity index (χ0n) is 12.7. The van der Waals surface area contributed by atoms with Gasteiger partial charge < -0.3 is 9.47 Å². The predicted molar refractivity (Wildman–Crippen MR) is 76.8 cm³/mol. The summed E-state index contributed by atoms with van der Waals surface area (Å²) in [5.41, 5.74) is 0.368. The molecule has 0 N–H and O–H groups in total. The largest absolute Gasteiger partial charge is 0.347 e. The van der Waals surface area contributed by atoms with E-state index in [0.29, 0.717) is 11.8 Å². The Hall–Kier alpha value is -0.340. The third-order valence-corrected chi connectivity index (χ3v) is 6.74. The minimum Gasteiger partial charge on any atom is -0.347 e. The highest BCUT2D eigenvalue weighted by Gasteiger charge is 2.64. The lowest BCUT2D eigenvalue weighted by atomic mass is 9.46. The number of hydrogen-bond donors (Lipinski definition) is 0. The molecule has 2 aliphatic carbocycles. The lowest BCUT2D eigenvalue weighted by Gasteiger charge is -2.62. The highest BCUT2D eigenvalue weighted by atomic mass is 16.7. The van der Waals surface area contributed by atoms with Gasteiger partial charge in [-0.25, -0.2) is 0 Å². The smallest absolute Gasteiger partial charge is 0.174 e. The summed E-state index contributed by atoms with van der Waals surface area (Å²) in [4.78, 5) is 0. The van der Waals surface area contributed by atoms with Crippen molar-refractivity contribution < 1.29 is 9.47 Å². The second-order valence-corrected chi connectivity index (χ2v) is 7.32. The molecule has 1 spiro atoms. The molecular weight excluding hydrogens is 236 g/mol. The maximum atomic E-state index is 6.17. The van der Waals surface area contributed by atoms with Crippen LogP contribution in [-0.2, 0) is 9.47 Å². The highest BCUT2D eigenvalue weighted by molar-refractivity contribution is 5.13. The van der Waals surface area contributed by atoms with E-state index in [-0.39, 0.29) is 16.6 Å². The Morgan fingerprint density at radius 1 is 1.11 bits per heavy atom. The van der Waals surface area contributed by atoms with Crippen LogP contribution in [0.3, 0.4) is 0 Å². The Bertz CT molecular complexity index is 371. The van der Waals surface area contributed by atoms with Crippen LogP contribution < -0.4 is 0 Å². The fourth-order valence-electron chi connectivity index (χ4n) is 5.21. The Labute approximate surface area is 117 Å². The van der Waals surface area contributed by atoms with Gasteiger partial charge in [0.15, 0.2) is 5.79 Å². The molecule has 0 aromatic carbocycles. The Kier molecular flexibility index (Phi) is 3.10. The molecule has 0 amide bonds. The van der Waals surface area contributed by atoms with Crippen LogP contribution in [0.15, 0.2) is 12.7 Å². The van der Waals surface area contributed by atoms with E-state index in [1.165, 1.54) is 25.7 Å². The van der Waals surface area contributed by atoms with Crippen LogP contribution in [0, 0.1) is 22.7 Å². The number of ether oxygens (including phenoxy) is 2. The number of fused-ring (bicyclic) bond motifs is 2. The van der Waals surface area contributed by atoms with Gasteiger partial charge in [-0.3, -0.25) is 0 Å². The minimum atomic E-state index is -0.305. The van der Waals surface area contributed by atoms with E-state index in [1.54, 1.807) is 0 Å². The van der Waals surface area contributed by atoms with Gasteiger partial charge in [0.2, 0.25) is 0 Å². The van der Waals surface area contributed by atoms with Crippen molar-refractivity contribution in [2.24, 2.45) is 22.7 Å². The van der Waals surface area contributed by atoms with Crippen LogP contribution in [0.5, 0.6) is 0 Å². The first-order valence-electron chi connectivity index (χ1n) is 7.90. The third kappa shape index (κ3) is 1.62. The average Bonchev–Trinajstić information content (AvgIpc) is 2.87. The maximum Gasteiger partial charge on any atom is 0.174 e. The monoisotopic (exact) mass is 264 g/mol. The van der Waals surface area contributed by atoms with E-state index in [1.807, 2.05) is 0 Å². The van der Waals surface area contributed by atoms with E-state index >= 15 is 0 Å². The van der Waals surface area contributed by atoms with Gasteiger partial charge in [0.05, 0.1) is 13.2 Å². The van der Waals surface area contributed by atoms with Crippen molar-refractivity contribution in [3.05, 3.63) is 12.7 Å². The summed E-state index contributed by atoms with van der Waals surface area (Å²) < 4.78 is 12.3. The zero-order chi connectivity index (χ0) is 13.7. The van der Waals surface area contributed by atoms with E-state index < -0.39 is 0 Å². The quantitative estimate of drug-likeness (QED) is 0.662. The van der Waals surface area contributed by atoms with E-state index in [0.717, 1.165) is 19.6 Å². The van der Waals surface area contributed by atoms with Crippen molar-refractivity contribution in [1.82, 2.24) is 0 Å². The minimum absolute atomic E-state index is 0.150. The van der Waals surface area contributed by atoms with Gasteiger partial charge in [0.1, 0.15) is 0 Å². The molecule has 0 unspecified atom stereocenters. The van der Waals surface area contributed by atoms with Crippen molar-refractivity contribution in [2.75, 3.05) is 13.2 Å². The van der Waals surface area contributed by atoms with Crippen LogP contribution in [0.4, 0.5) is 0 Å². The molecule has 1 aliphatic heterocycles. The van der Waals surface area contributed by atoms with Crippen LogP contribution in [0.1, 0.15) is 52.9 Å². The van der Waals surface area contributed by atoms with Gasteiger partial charge in [-0.05, 0) is 42.9 Å². The maximum absolute atomic E-state index is 6.17. The molecule has 3 aliphatic rings. The fourth-order valence-corrected chi connectivity index (χ4v) is 5.21. The second-order valence-electron chi connectivity index (χ2n) is 7.32. The fraction of sp³-hybridized carbons (Fsp3) is 0.882. The molecule has 1 saturated heterocycles. The van der Waals surface area contributed by atoms with Crippen molar-refractivity contribution in [3.8, 4) is 0 Å². The molecule has 108 valence electrons. The molecule has 2 saturated carbocycles. The lowest BCUT2D eigenvalue weighted by Crippen LogP contribution is -2.61. The molecule has 3 rings (SSSR count). The van der Waals surface area contributed by atoms with E-state index in [2.05, 4.69) is 33.4 Å². The molecule has 19 heavy (non-hydrogen) atoms. The lowest BCUT2D eigenvalue weighted by molar-refractivity contribution is -0.292. The molecule has 0 radical (unpaired) electrons. The summed E-state index contributed by atoms with van der Waals surface area (Å²) in [6.45, 7) is 12.9. The average molecular weight is 264 g/mol. The molecule has 2 nitrogen and oxygen atoms in total. The number of rotatable bonds is 1. The predicted octanol–water partition coefficient (Wildman–Crippen LogP) is 4.16. The molecule has 0 aromatic rings. The van der Waals surface area contributed by atoms with Crippen LogP contribution in [0.25, 0.3) is 0 Å². The summed E-state index contributed by atoms with van der Waals surface area (Å²) in [5, 5.41) is 0. The SMILES string of the molecule is C=C[C@]1(C)[C@H]2CCCC3(OCCO3)[C@]2(C)CC[C@@H]1C. The van der Waals surface area contributed by atoms with Crippen molar-refractivity contribution in [1.29, 1.82) is 0 Å². The first kappa shape index (κ1) is 13.6. The van der Waals surface area contributed by atoms with Gasteiger partial charge in [-0.2, -0.15) is 0 Å². The van der Waals surface area contributed by atoms with Crippen LogP contribution in [-0.4, -0.2) is 19.0 Å². The van der Waals surface area contributed by atoms with Gasteiger partial charge in [-0.1, -0.05) is 26.8 Å². The Morgan fingerprint density at radius 3 is 2.42 bits per heavy atom. The summed E-state index contributed by atoms with van der Waals surface area (Å²) in [5.74, 6) is 1.04. The molecular formula is C17H28O2. The standard InChI is InChI=1S/C17H28O2/c1-5-15(3)13(2)8-10-16(4)14(15)7-6-9-17(16)18-11-12-19-17/h5,13-14H,1,6-12H2,2-4H3/t13-,14+,15-,16+/m0/s1. The van der Waals surface area contributed by atoms with Gasteiger partial charge in [0, 0.05) is 11.8 Å². The first-order chi connectivity index (χ1) is 8.98. The van der Waals surface area contributed by atoms with Gasteiger partial charge in [0.25, 0.3) is 0 Å². The van der Waals surface area contributed by atoms with E-state index in [4.69, 9.17) is 9.47 Å². The number of allylic oxidation sites excluding steroid dienone is 1. The summed E-state index contributed by atoms with van der Waals surface area (Å²) >= 11 is 0. The molecule has 0 bridgehead atoms. The van der Waals surface area contributed by atoms with Crippen LogP contribution >= 0.6 is 0 Å². The Balaban J connectivity index is 2.03. The normalized spacial score (nSPS) is 49.0. The molecule has 4 atom stereocenters. The van der Waals surface area contributed by atoms with Gasteiger partial charge >= 0.3 is 0 Å². The number of hydrogen-bond acceptors (Lipinski definition) is 2. The van der Waals surface area contributed by atoms with Crippen LogP contribution in [0.2, 0.25) is 0 Å². The van der Waals surface area contributed by atoms with Crippen molar-refractivity contribution >= 4 is 0 Å². The Morgan fingerprint density at radius 2 is 1.79 bits per heavy atom. The summed E-state index contributed by atoms with van der Waals surface area (Å²) in [6, 6.07) is 0. The molecule has 2 heteroatoms. The molecule has 3 fully saturated rings.